The van der Waals surface area contributed by atoms with Gasteiger partial charge in [-0.2, -0.15) is 0 Å². The number of hydrogen-bond donors (Lipinski definition) is 1. The normalized spacial score (nSPS) is 15.8. The smallest absolute Gasteiger partial charge is 0.241 e. The van der Waals surface area contributed by atoms with Crippen LogP contribution in [-0.4, -0.2) is 31.7 Å². The summed E-state index contributed by atoms with van der Waals surface area (Å²) in [6.07, 6.45) is 2.98. The maximum Gasteiger partial charge on any atom is 0.241 e. The molecule has 1 fully saturated rings. The lowest BCUT2D eigenvalue weighted by Crippen LogP contribution is -2.51. The van der Waals surface area contributed by atoms with E-state index >= 15 is 0 Å². The number of rotatable bonds is 8. The fourth-order valence-corrected chi connectivity index (χ4v) is 6.66. The van der Waals surface area contributed by atoms with Crippen molar-refractivity contribution < 1.29 is 17.9 Å². The van der Waals surface area contributed by atoms with E-state index in [2.05, 4.69) is 5.32 Å². The second-order valence-electron chi connectivity index (χ2n) is 8.79. The number of nitrogens with one attached hydrogen (secondary N) is 1. The van der Waals surface area contributed by atoms with Crippen LogP contribution in [0.3, 0.4) is 0 Å². The Morgan fingerprint density at radius 2 is 1.71 bits per heavy atom. The van der Waals surface area contributed by atoms with Gasteiger partial charge in [-0.25, -0.2) is 8.42 Å². The molecule has 3 rings (SSSR count). The molecule has 168 valence electrons. The molecule has 0 aliphatic heterocycles. The van der Waals surface area contributed by atoms with Gasteiger partial charge < -0.3 is 10.1 Å². The molecule has 0 heterocycles. The lowest BCUT2D eigenvalue weighted by atomic mass is 10.1. The summed E-state index contributed by atoms with van der Waals surface area (Å²) in [5, 5.41) is 2.92. The lowest BCUT2D eigenvalue weighted by molar-refractivity contribution is -0.123. The topological polar surface area (TPSA) is 72.5 Å². The first-order valence-electron chi connectivity index (χ1n) is 11.0. The largest absolute Gasteiger partial charge is 0.491 e. The summed E-state index contributed by atoms with van der Waals surface area (Å²) in [4.78, 5) is 13.5. The number of carbonyl (C=O) groups is 1. The van der Waals surface area contributed by atoms with Crippen molar-refractivity contribution in [3.05, 3.63) is 59.2 Å². The van der Waals surface area contributed by atoms with E-state index in [4.69, 9.17) is 4.74 Å². The molecule has 31 heavy (non-hydrogen) atoms. The van der Waals surface area contributed by atoms with Gasteiger partial charge in [0.2, 0.25) is 5.91 Å². The van der Waals surface area contributed by atoms with Crippen LogP contribution in [0.5, 0.6) is 5.75 Å². The SMILES string of the molecule is Cc1ccc(C)c(S(=O)(=O)C2(C(=O)NCCc3ccc(OC(C)C)cc3)CCCC2)c1. The van der Waals surface area contributed by atoms with Gasteiger partial charge in [-0.1, -0.05) is 37.1 Å². The van der Waals surface area contributed by atoms with E-state index in [9.17, 15) is 13.2 Å². The predicted octanol–water partition coefficient (Wildman–Crippen LogP) is 4.54. The summed E-state index contributed by atoms with van der Waals surface area (Å²) in [6, 6.07) is 13.2. The molecule has 0 saturated heterocycles. The highest BCUT2D eigenvalue weighted by atomic mass is 32.2. The molecule has 0 radical (unpaired) electrons. The Bertz CT molecular complexity index is 1020. The number of sulfone groups is 1. The van der Waals surface area contributed by atoms with Crippen LogP contribution in [0.15, 0.2) is 47.4 Å². The molecular formula is C25H33NO4S. The average Bonchev–Trinajstić information content (AvgIpc) is 3.22. The van der Waals surface area contributed by atoms with Crippen molar-refractivity contribution in [2.75, 3.05) is 6.54 Å². The van der Waals surface area contributed by atoms with Gasteiger partial charge >= 0.3 is 0 Å². The van der Waals surface area contributed by atoms with E-state index in [1.54, 1.807) is 13.0 Å². The van der Waals surface area contributed by atoms with E-state index < -0.39 is 14.6 Å². The zero-order valence-electron chi connectivity index (χ0n) is 18.9. The van der Waals surface area contributed by atoms with Crippen molar-refractivity contribution in [2.24, 2.45) is 0 Å². The molecule has 0 unspecified atom stereocenters. The van der Waals surface area contributed by atoms with Gasteiger partial charge in [0, 0.05) is 6.54 Å². The van der Waals surface area contributed by atoms with Crippen LogP contribution in [0.4, 0.5) is 0 Å². The molecule has 0 bridgehead atoms. The van der Waals surface area contributed by atoms with Crippen LogP contribution in [0.2, 0.25) is 0 Å². The quantitative estimate of drug-likeness (QED) is 0.650. The molecule has 1 aliphatic carbocycles. The van der Waals surface area contributed by atoms with Crippen LogP contribution < -0.4 is 10.1 Å². The maximum absolute atomic E-state index is 13.7. The highest BCUT2D eigenvalue weighted by Crippen LogP contribution is 2.41. The van der Waals surface area contributed by atoms with Crippen LogP contribution in [0, 0.1) is 13.8 Å². The molecule has 0 aromatic heterocycles. The third-order valence-corrected chi connectivity index (χ3v) is 8.61. The molecule has 6 heteroatoms. The molecule has 2 aromatic rings. The molecule has 0 spiro atoms. The highest BCUT2D eigenvalue weighted by Gasteiger charge is 2.53. The monoisotopic (exact) mass is 443 g/mol. The number of aryl methyl sites for hydroxylation is 2. The van der Waals surface area contributed by atoms with Crippen molar-refractivity contribution in [1.82, 2.24) is 5.32 Å². The van der Waals surface area contributed by atoms with Gasteiger partial charge in [0.05, 0.1) is 11.0 Å². The van der Waals surface area contributed by atoms with E-state index in [0.717, 1.165) is 29.7 Å². The first-order valence-corrected chi connectivity index (χ1v) is 12.5. The van der Waals surface area contributed by atoms with Crippen molar-refractivity contribution in [3.63, 3.8) is 0 Å². The molecule has 2 aromatic carbocycles. The minimum absolute atomic E-state index is 0.117. The van der Waals surface area contributed by atoms with Crippen molar-refractivity contribution in [1.29, 1.82) is 0 Å². The summed E-state index contributed by atoms with van der Waals surface area (Å²) in [6.45, 7) is 8.02. The molecule has 1 aliphatic rings. The van der Waals surface area contributed by atoms with Gasteiger partial charge in [0.25, 0.3) is 0 Å². The summed E-state index contributed by atoms with van der Waals surface area (Å²) >= 11 is 0. The zero-order chi connectivity index (χ0) is 22.6. The number of benzene rings is 2. The molecule has 1 saturated carbocycles. The predicted molar refractivity (Wildman–Crippen MR) is 123 cm³/mol. The lowest BCUT2D eigenvalue weighted by Gasteiger charge is -2.28. The van der Waals surface area contributed by atoms with Gasteiger partial charge in [0.15, 0.2) is 14.6 Å². The summed E-state index contributed by atoms with van der Waals surface area (Å²) in [7, 11) is -3.79. The van der Waals surface area contributed by atoms with Crippen LogP contribution >= 0.6 is 0 Å². The number of amides is 1. The second kappa shape index (κ2) is 9.43. The fourth-order valence-electron chi connectivity index (χ4n) is 4.26. The van der Waals surface area contributed by atoms with Gasteiger partial charge in [-0.05, 0) is 81.8 Å². The minimum Gasteiger partial charge on any atom is -0.491 e. The van der Waals surface area contributed by atoms with Crippen molar-refractivity contribution in [3.8, 4) is 5.75 Å². The Morgan fingerprint density at radius 1 is 1.06 bits per heavy atom. The van der Waals surface area contributed by atoms with Gasteiger partial charge in [0.1, 0.15) is 5.75 Å². The van der Waals surface area contributed by atoms with Gasteiger partial charge in [-0.3, -0.25) is 4.79 Å². The summed E-state index contributed by atoms with van der Waals surface area (Å²) in [5.74, 6) is 0.443. The molecule has 1 N–H and O–H groups in total. The van der Waals surface area contributed by atoms with Crippen LogP contribution in [0.1, 0.15) is 56.2 Å². The number of hydrogen-bond acceptors (Lipinski definition) is 4. The highest BCUT2D eigenvalue weighted by molar-refractivity contribution is 7.93. The van der Waals surface area contributed by atoms with Crippen LogP contribution in [-0.2, 0) is 21.1 Å². The first kappa shape index (κ1) is 23.3. The maximum atomic E-state index is 13.7. The summed E-state index contributed by atoms with van der Waals surface area (Å²) < 4.78 is 31.6. The zero-order valence-corrected chi connectivity index (χ0v) is 19.7. The third kappa shape index (κ3) is 4.95. The van der Waals surface area contributed by atoms with E-state index in [0.29, 0.717) is 31.4 Å². The average molecular weight is 444 g/mol. The standard InChI is InChI=1S/C25H33NO4S/c1-18(2)30-22-11-9-21(10-12-22)13-16-26-24(27)25(14-5-6-15-25)31(28,29)23-17-19(3)7-8-20(23)4/h7-12,17-18H,5-6,13-16H2,1-4H3,(H,26,27). The number of carbonyl (C=O) groups excluding carboxylic acids is 1. The molecular weight excluding hydrogens is 410 g/mol. The Kier molecular flexibility index (Phi) is 7.10. The Morgan fingerprint density at radius 3 is 2.32 bits per heavy atom. The summed E-state index contributed by atoms with van der Waals surface area (Å²) in [5.41, 5.74) is 2.63. The van der Waals surface area contributed by atoms with E-state index in [1.165, 1.54) is 0 Å². The molecule has 5 nitrogen and oxygen atoms in total. The van der Waals surface area contributed by atoms with E-state index in [1.807, 2.05) is 57.2 Å². The Hall–Kier alpha value is -2.34. The van der Waals surface area contributed by atoms with Crippen molar-refractivity contribution in [2.45, 2.75) is 75.5 Å². The number of ether oxygens (including phenoxy) is 1. The third-order valence-electron chi connectivity index (χ3n) is 5.97. The van der Waals surface area contributed by atoms with Gasteiger partial charge in [-0.15, -0.1) is 0 Å². The van der Waals surface area contributed by atoms with Crippen molar-refractivity contribution >= 4 is 15.7 Å². The molecule has 0 atom stereocenters. The van der Waals surface area contributed by atoms with Crippen LogP contribution in [0.25, 0.3) is 0 Å². The Labute approximate surface area is 186 Å². The first-order chi connectivity index (χ1) is 14.7. The Balaban J connectivity index is 1.73. The minimum atomic E-state index is -3.79. The molecule has 1 amide bonds. The second-order valence-corrected chi connectivity index (χ2v) is 11.0. The fraction of sp³-hybridized carbons (Fsp3) is 0.480. The van der Waals surface area contributed by atoms with E-state index in [-0.39, 0.29) is 16.9 Å².